The van der Waals surface area contributed by atoms with Crippen molar-refractivity contribution in [3.8, 4) is 27.9 Å². The quantitative estimate of drug-likeness (QED) is 0.178. The molecule has 51 heavy (non-hydrogen) atoms. The lowest BCUT2D eigenvalue weighted by Crippen LogP contribution is -2.16. The molecule has 1 heterocycles. The molecular weight excluding hydrogens is 617 g/mol. The Bertz CT molecular complexity index is 3210. The molecule has 0 bridgehead atoms. The van der Waals surface area contributed by atoms with Gasteiger partial charge in [-0.2, -0.15) is 0 Å². The smallest absolute Gasteiger partial charge is 0.0645 e. The number of rotatable bonds is 5. The van der Waals surface area contributed by atoms with Crippen LogP contribution in [-0.2, 0) is 5.41 Å². The zero-order valence-corrected chi connectivity index (χ0v) is 28.1. The maximum atomic E-state index is 9.30. The van der Waals surface area contributed by atoms with Gasteiger partial charge < -0.3 is 9.47 Å². The number of hydrogen-bond acceptors (Lipinski definition) is 1. The second-order valence-electron chi connectivity index (χ2n) is 13.6. The first-order valence-electron chi connectivity index (χ1n) is 21.1. The molecule has 0 fully saturated rings. The summed E-state index contributed by atoms with van der Waals surface area (Å²) in [6, 6.07) is 42.7. The fourth-order valence-electron chi connectivity index (χ4n) is 8.01. The standard InChI is InChI=1S/C49H36N2/c1-49(2)44-20-10-8-18-40(44)41-29-28-38(32-45(41)49)50(46-22-12-14-34-13-6-7-17-39(34)46)37-26-23-33(24-27-37)35-25-30-48-43(31-35)42-19-9-11-21-47(42)51(48)36-15-4-3-5-16-36/h3-32H,1-2H3/i3D,4D,5D,9D,11D,15D,16D,25D. The number of fused-ring (bicyclic) bond motifs is 7. The lowest BCUT2D eigenvalue weighted by molar-refractivity contribution is 0.660. The van der Waals surface area contributed by atoms with E-state index in [1.165, 1.54) is 32.9 Å². The Hall–Kier alpha value is -6.38. The van der Waals surface area contributed by atoms with Gasteiger partial charge in [0, 0.05) is 38.6 Å². The van der Waals surface area contributed by atoms with Gasteiger partial charge in [0.25, 0.3) is 0 Å². The van der Waals surface area contributed by atoms with E-state index in [4.69, 9.17) is 9.60 Å². The summed E-state index contributed by atoms with van der Waals surface area (Å²) in [7, 11) is 0. The minimum Gasteiger partial charge on any atom is -0.310 e. The van der Waals surface area contributed by atoms with Crippen LogP contribution in [0.15, 0.2) is 182 Å². The summed E-state index contributed by atoms with van der Waals surface area (Å²) >= 11 is 0. The number of para-hydroxylation sites is 2. The van der Waals surface area contributed by atoms with Crippen LogP contribution in [0.4, 0.5) is 17.1 Å². The lowest BCUT2D eigenvalue weighted by Gasteiger charge is -2.29. The highest BCUT2D eigenvalue weighted by molar-refractivity contribution is 6.10. The van der Waals surface area contributed by atoms with Crippen LogP contribution in [-0.4, -0.2) is 4.57 Å². The molecule has 0 unspecified atom stereocenters. The van der Waals surface area contributed by atoms with Crippen LogP contribution in [0, 0.1) is 0 Å². The third kappa shape index (κ3) is 4.57. The van der Waals surface area contributed by atoms with Crippen molar-refractivity contribution < 1.29 is 11.0 Å². The third-order valence-electron chi connectivity index (χ3n) is 10.5. The molecule has 8 aromatic carbocycles. The summed E-state index contributed by atoms with van der Waals surface area (Å²) in [5.74, 6) is 0. The topological polar surface area (TPSA) is 8.17 Å². The molecule has 2 nitrogen and oxygen atoms in total. The summed E-state index contributed by atoms with van der Waals surface area (Å²) in [5.41, 5.74) is 10.1. The zero-order chi connectivity index (χ0) is 41.1. The largest absolute Gasteiger partial charge is 0.310 e. The Morgan fingerprint density at radius 1 is 0.510 bits per heavy atom. The molecule has 10 rings (SSSR count). The molecule has 0 N–H and O–H groups in total. The Morgan fingerprint density at radius 3 is 2.12 bits per heavy atom. The van der Waals surface area contributed by atoms with Crippen molar-refractivity contribution in [2.24, 2.45) is 0 Å². The van der Waals surface area contributed by atoms with Crippen LogP contribution in [0.3, 0.4) is 0 Å². The number of anilines is 3. The van der Waals surface area contributed by atoms with Crippen molar-refractivity contribution in [3.05, 3.63) is 193 Å². The van der Waals surface area contributed by atoms with Crippen LogP contribution in [0.5, 0.6) is 0 Å². The second kappa shape index (κ2) is 11.3. The van der Waals surface area contributed by atoms with E-state index in [1.807, 2.05) is 24.3 Å². The van der Waals surface area contributed by atoms with E-state index in [0.29, 0.717) is 27.4 Å². The number of nitrogens with zero attached hydrogens (tertiary/aromatic N) is 2. The Morgan fingerprint density at radius 2 is 1.24 bits per heavy atom. The van der Waals surface area contributed by atoms with Gasteiger partial charge in [-0.3, -0.25) is 0 Å². The van der Waals surface area contributed by atoms with E-state index in [0.717, 1.165) is 33.4 Å². The van der Waals surface area contributed by atoms with Crippen LogP contribution in [0.2, 0.25) is 0 Å². The van der Waals surface area contributed by atoms with Crippen molar-refractivity contribution >= 4 is 49.6 Å². The highest BCUT2D eigenvalue weighted by Crippen LogP contribution is 2.51. The van der Waals surface area contributed by atoms with Crippen molar-refractivity contribution in [2.75, 3.05) is 4.90 Å². The molecule has 242 valence electrons. The Kier molecular flexibility index (Phi) is 4.97. The van der Waals surface area contributed by atoms with E-state index in [1.54, 1.807) is 12.1 Å². The van der Waals surface area contributed by atoms with E-state index in [-0.39, 0.29) is 29.2 Å². The minimum absolute atomic E-state index is 0.00851. The van der Waals surface area contributed by atoms with Gasteiger partial charge in [-0.05, 0) is 99.4 Å². The van der Waals surface area contributed by atoms with Gasteiger partial charge in [0.05, 0.1) is 27.7 Å². The number of hydrogen-bond donors (Lipinski definition) is 0. The van der Waals surface area contributed by atoms with Crippen molar-refractivity contribution in [1.29, 1.82) is 0 Å². The average molecular weight is 661 g/mol. The molecular formula is C49H36N2. The molecule has 9 aromatic rings. The molecule has 1 aliphatic rings. The Balaban J connectivity index is 1.14. The summed E-state index contributed by atoms with van der Waals surface area (Å²) in [6.45, 7) is 4.57. The monoisotopic (exact) mass is 660 g/mol. The van der Waals surface area contributed by atoms with Gasteiger partial charge in [0.1, 0.15) is 0 Å². The van der Waals surface area contributed by atoms with Crippen molar-refractivity contribution in [2.45, 2.75) is 19.3 Å². The van der Waals surface area contributed by atoms with Gasteiger partial charge in [-0.1, -0.05) is 135 Å². The summed E-state index contributed by atoms with van der Waals surface area (Å²) in [6.07, 6.45) is 0. The summed E-state index contributed by atoms with van der Waals surface area (Å²) in [4.78, 5) is 2.29. The third-order valence-corrected chi connectivity index (χ3v) is 10.5. The number of aromatic nitrogens is 1. The highest BCUT2D eigenvalue weighted by atomic mass is 15.1. The van der Waals surface area contributed by atoms with Crippen LogP contribution in [0.25, 0.3) is 60.5 Å². The predicted octanol–water partition coefficient (Wildman–Crippen LogP) is 13.4. The second-order valence-corrected chi connectivity index (χ2v) is 13.6. The fourth-order valence-corrected chi connectivity index (χ4v) is 8.01. The minimum atomic E-state index is -0.504. The van der Waals surface area contributed by atoms with Crippen LogP contribution < -0.4 is 4.90 Å². The van der Waals surface area contributed by atoms with E-state index < -0.39 is 30.2 Å². The first kappa shape index (κ1) is 22.4. The molecule has 1 aliphatic carbocycles. The fraction of sp³-hybridized carbons (Fsp3) is 0.0612. The molecule has 0 atom stereocenters. The van der Waals surface area contributed by atoms with Gasteiger partial charge in [0.15, 0.2) is 0 Å². The van der Waals surface area contributed by atoms with Crippen molar-refractivity contribution in [3.63, 3.8) is 0 Å². The van der Waals surface area contributed by atoms with Crippen LogP contribution in [0.1, 0.15) is 35.9 Å². The predicted molar refractivity (Wildman–Crippen MR) is 216 cm³/mol. The average Bonchev–Trinajstić information content (AvgIpc) is 3.65. The maximum absolute atomic E-state index is 9.30. The van der Waals surface area contributed by atoms with Gasteiger partial charge in [-0.25, -0.2) is 0 Å². The van der Waals surface area contributed by atoms with E-state index in [2.05, 4.69) is 110 Å². The first-order chi connectivity index (χ1) is 28.3. The molecule has 0 spiro atoms. The molecule has 2 heteroatoms. The van der Waals surface area contributed by atoms with Crippen molar-refractivity contribution in [1.82, 2.24) is 4.57 Å². The molecule has 0 radical (unpaired) electrons. The van der Waals surface area contributed by atoms with Gasteiger partial charge in [-0.15, -0.1) is 0 Å². The van der Waals surface area contributed by atoms with E-state index >= 15 is 0 Å². The highest BCUT2D eigenvalue weighted by Gasteiger charge is 2.35. The lowest BCUT2D eigenvalue weighted by atomic mass is 9.82. The first-order valence-corrected chi connectivity index (χ1v) is 17.1. The molecule has 1 aromatic heterocycles. The molecule has 0 aliphatic heterocycles. The van der Waals surface area contributed by atoms with Gasteiger partial charge >= 0.3 is 0 Å². The molecule has 0 saturated heterocycles. The summed E-state index contributed by atoms with van der Waals surface area (Å²) in [5, 5.41) is 3.45. The zero-order valence-electron chi connectivity index (χ0n) is 36.1. The normalized spacial score (nSPS) is 15.3. The van der Waals surface area contributed by atoms with Gasteiger partial charge in [0.2, 0.25) is 0 Å². The van der Waals surface area contributed by atoms with Crippen LogP contribution >= 0.6 is 0 Å². The molecule has 0 amide bonds. The summed E-state index contributed by atoms with van der Waals surface area (Å²) < 4.78 is 70.2. The SMILES string of the molecule is [2H]c1cc2c3cc(-c4ccc(N(c5ccc6c(c5)C(C)(C)c5ccccc5-6)c5cccc6ccccc56)cc4)c([2H])cc3n(-c3c([2H])c([2H])c([2H])c([2H])c3[2H])c2cc1[2H]. The number of benzene rings is 8. The maximum Gasteiger partial charge on any atom is 0.0645 e. The Labute approximate surface area is 309 Å². The van der Waals surface area contributed by atoms with E-state index in [9.17, 15) is 1.37 Å². The molecule has 0 saturated carbocycles.